The molecule has 0 amide bonds. The molecule has 1 aromatic rings. The number of aryl methyl sites for hydroxylation is 1. The Morgan fingerprint density at radius 2 is 2.00 bits per heavy atom. The van der Waals surface area contributed by atoms with E-state index in [4.69, 9.17) is 19.4 Å². The third-order valence-electron chi connectivity index (χ3n) is 3.89. The largest absolute Gasteiger partial charge is 0.394 e. The summed E-state index contributed by atoms with van der Waals surface area (Å²) >= 11 is 0. The first-order valence-corrected chi connectivity index (χ1v) is 8.26. The number of aliphatic hydroxyl groups is 4. The van der Waals surface area contributed by atoms with Crippen molar-refractivity contribution in [2.24, 2.45) is 0 Å². The van der Waals surface area contributed by atoms with E-state index in [9.17, 15) is 15.3 Å². The highest BCUT2D eigenvalue weighted by atomic mass is 16.7. The van der Waals surface area contributed by atoms with Crippen molar-refractivity contribution in [3.63, 3.8) is 0 Å². The van der Waals surface area contributed by atoms with E-state index < -0.39 is 37.3 Å². The molecule has 0 aromatic carbocycles. The molecule has 1 saturated heterocycles. The number of hydroxylamine groups is 1. The number of aromatic nitrogens is 1. The summed E-state index contributed by atoms with van der Waals surface area (Å²) in [4.78, 5) is 8.37. The predicted octanol–water partition coefficient (Wildman–Crippen LogP) is -1.96. The summed E-state index contributed by atoms with van der Waals surface area (Å²) in [6.45, 7) is 2.70. The van der Waals surface area contributed by atoms with Gasteiger partial charge in [0.1, 0.15) is 24.4 Å². The van der Waals surface area contributed by atoms with E-state index in [1.54, 1.807) is 0 Å². The quantitative estimate of drug-likeness (QED) is 0.253. The molecule has 0 bridgehead atoms. The van der Waals surface area contributed by atoms with Gasteiger partial charge in [0.05, 0.1) is 19.8 Å². The van der Waals surface area contributed by atoms with Crippen LogP contribution < -0.4 is 10.5 Å². The van der Waals surface area contributed by atoms with Gasteiger partial charge >= 0.3 is 0 Å². The van der Waals surface area contributed by atoms with Crippen LogP contribution in [-0.2, 0) is 20.9 Å². The van der Waals surface area contributed by atoms with Crippen LogP contribution in [0.15, 0.2) is 18.5 Å². The first-order chi connectivity index (χ1) is 12.0. The molecule has 9 nitrogen and oxygen atoms in total. The number of pyridine rings is 1. The minimum Gasteiger partial charge on any atom is -0.394 e. The van der Waals surface area contributed by atoms with E-state index in [1.165, 1.54) is 0 Å². The van der Waals surface area contributed by atoms with Crippen LogP contribution in [0.4, 0.5) is 0 Å². The standard InChI is InChI=1S/C16H26N2O7/c1-10-5-11(7-17-6-10)9-24-18-3-2-4-23-16-15(22)14(21)13(20)12(8-19)25-16/h5-7,12-16,18-22H,2-4,8-9H2,1H3/p+1/t12?,13-,14-,15?,16+/m1/s1. The molecule has 5 atom stereocenters. The first-order valence-electron chi connectivity index (χ1n) is 8.26. The summed E-state index contributed by atoms with van der Waals surface area (Å²) < 4.78 is 10.6. The van der Waals surface area contributed by atoms with Gasteiger partial charge in [0.2, 0.25) is 0 Å². The van der Waals surface area contributed by atoms with Crippen LogP contribution in [0.1, 0.15) is 17.5 Å². The molecule has 0 spiro atoms. The summed E-state index contributed by atoms with van der Waals surface area (Å²) in [6, 6.07) is 2.01. The number of aromatic amines is 1. The van der Waals surface area contributed by atoms with Crippen molar-refractivity contribution in [1.29, 1.82) is 0 Å². The van der Waals surface area contributed by atoms with E-state index in [1.807, 2.05) is 25.4 Å². The van der Waals surface area contributed by atoms with E-state index in [0.29, 0.717) is 19.6 Å². The number of aliphatic hydroxyl groups excluding tert-OH is 4. The highest BCUT2D eigenvalue weighted by Gasteiger charge is 2.43. The Hall–Kier alpha value is -1.17. The van der Waals surface area contributed by atoms with Crippen molar-refractivity contribution in [3.8, 4) is 0 Å². The second-order valence-electron chi connectivity index (χ2n) is 6.02. The van der Waals surface area contributed by atoms with Gasteiger partial charge in [-0.25, -0.2) is 10.5 Å². The summed E-state index contributed by atoms with van der Waals surface area (Å²) in [5, 5.41) is 38.3. The molecule has 2 unspecified atom stereocenters. The lowest BCUT2D eigenvalue weighted by Gasteiger charge is -2.39. The summed E-state index contributed by atoms with van der Waals surface area (Å²) in [7, 11) is 0. The maximum absolute atomic E-state index is 9.83. The molecule has 1 aliphatic heterocycles. The minimum absolute atomic E-state index is 0.247. The molecular weight excluding hydrogens is 332 g/mol. The lowest BCUT2D eigenvalue weighted by molar-refractivity contribution is -0.379. The monoisotopic (exact) mass is 359 g/mol. The molecule has 0 saturated carbocycles. The Labute approximate surface area is 146 Å². The van der Waals surface area contributed by atoms with Crippen molar-refractivity contribution in [2.75, 3.05) is 19.8 Å². The molecule has 0 radical (unpaired) electrons. The summed E-state index contributed by atoms with van der Waals surface area (Å²) in [5.74, 6) is 0. The average molecular weight is 359 g/mol. The number of hydrogen-bond acceptors (Lipinski definition) is 8. The van der Waals surface area contributed by atoms with Crippen LogP contribution in [0.2, 0.25) is 0 Å². The zero-order valence-electron chi connectivity index (χ0n) is 14.2. The van der Waals surface area contributed by atoms with Gasteiger partial charge in [-0.2, -0.15) is 0 Å². The molecule has 1 fully saturated rings. The van der Waals surface area contributed by atoms with Crippen LogP contribution >= 0.6 is 0 Å². The molecule has 0 aliphatic carbocycles. The van der Waals surface area contributed by atoms with Crippen LogP contribution in [0.25, 0.3) is 0 Å². The van der Waals surface area contributed by atoms with Gasteiger partial charge in [0.15, 0.2) is 18.7 Å². The first kappa shape index (κ1) is 20.1. The Bertz CT molecular complexity index is 517. The maximum Gasteiger partial charge on any atom is 0.186 e. The lowest BCUT2D eigenvalue weighted by atomic mass is 9.99. The minimum atomic E-state index is -1.43. The fourth-order valence-electron chi connectivity index (χ4n) is 2.49. The zero-order valence-corrected chi connectivity index (χ0v) is 14.2. The van der Waals surface area contributed by atoms with Gasteiger partial charge in [0, 0.05) is 17.7 Å². The topological polar surface area (TPSA) is 135 Å². The number of hydrogen-bond donors (Lipinski definition) is 5. The normalized spacial score (nSPS) is 29.7. The van der Waals surface area contributed by atoms with E-state index in [-0.39, 0.29) is 6.61 Å². The van der Waals surface area contributed by atoms with Crippen molar-refractivity contribution in [1.82, 2.24) is 5.48 Å². The molecule has 2 heterocycles. The van der Waals surface area contributed by atoms with E-state index >= 15 is 0 Å². The van der Waals surface area contributed by atoms with Gasteiger partial charge in [-0.05, 0) is 19.4 Å². The molecule has 25 heavy (non-hydrogen) atoms. The highest BCUT2D eigenvalue weighted by molar-refractivity contribution is 5.12. The van der Waals surface area contributed by atoms with Gasteiger partial charge in [-0.1, -0.05) is 0 Å². The molecule has 1 aliphatic rings. The SMILES string of the molecule is Cc1c[nH+]cc(CONCCCO[C@H]2OC(CO)[C@@H](O)[C@@H](O)C2O)c1. The van der Waals surface area contributed by atoms with Gasteiger partial charge in [0.25, 0.3) is 0 Å². The van der Waals surface area contributed by atoms with Crippen molar-refractivity contribution >= 4 is 0 Å². The summed E-state index contributed by atoms with van der Waals surface area (Å²) in [5.41, 5.74) is 4.95. The third kappa shape index (κ3) is 5.94. The fourth-order valence-corrected chi connectivity index (χ4v) is 2.49. The van der Waals surface area contributed by atoms with Gasteiger partial charge in [-0.15, -0.1) is 0 Å². The van der Waals surface area contributed by atoms with E-state index in [2.05, 4.69) is 10.5 Å². The molecule has 142 valence electrons. The van der Waals surface area contributed by atoms with Crippen molar-refractivity contribution < 1.29 is 39.7 Å². The fraction of sp³-hybridized carbons (Fsp3) is 0.688. The van der Waals surface area contributed by atoms with Crippen molar-refractivity contribution in [3.05, 3.63) is 29.6 Å². The van der Waals surface area contributed by atoms with Crippen LogP contribution in [0.3, 0.4) is 0 Å². The predicted molar refractivity (Wildman–Crippen MR) is 84.9 cm³/mol. The maximum atomic E-state index is 9.83. The molecular formula is C16H27N2O7+. The number of rotatable bonds is 9. The lowest BCUT2D eigenvalue weighted by Crippen LogP contribution is -2.59. The van der Waals surface area contributed by atoms with Crippen molar-refractivity contribution in [2.45, 2.75) is 50.7 Å². The highest BCUT2D eigenvalue weighted by Crippen LogP contribution is 2.21. The smallest absolute Gasteiger partial charge is 0.186 e. The molecule has 1 aromatic heterocycles. The second-order valence-corrected chi connectivity index (χ2v) is 6.02. The molecule has 2 rings (SSSR count). The Balaban J connectivity index is 1.59. The van der Waals surface area contributed by atoms with Gasteiger partial charge in [-0.3, -0.25) is 4.84 Å². The average Bonchev–Trinajstić information content (AvgIpc) is 2.60. The molecule has 6 N–H and O–H groups in total. The number of ether oxygens (including phenoxy) is 2. The van der Waals surface area contributed by atoms with Crippen LogP contribution in [-0.4, -0.2) is 70.9 Å². The number of nitrogens with one attached hydrogen (secondary N) is 2. The summed E-state index contributed by atoms with van der Waals surface area (Å²) in [6.07, 6.45) is -1.91. The molecule has 9 heteroatoms. The second kappa shape index (κ2) is 10.1. The zero-order chi connectivity index (χ0) is 18.2. The Kier molecular flexibility index (Phi) is 8.13. The Morgan fingerprint density at radius 3 is 2.72 bits per heavy atom. The van der Waals surface area contributed by atoms with E-state index in [0.717, 1.165) is 11.1 Å². The third-order valence-corrected chi connectivity index (χ3v) is 3.89. The van der Waals surface area contributed by atoms with Crippen LogP contribution in [0.5, 0.6) is 0 Å². The Morgan fingerprint density at radius 1 is 1.20 bits per heavy atom. The van der Waals surface area contributed by atoms with Gasteiger partial charge < -0.3 is 29.9 Å². The number of H-pyrrole nitrogens is 1. The van der Waals surface area contributed by atoms with Crippen LogP contribution in [0, 0.1) is 6.92 Å².